The van der Waals surface area contributed by atoms with Crippen molar-refractivity contribution < 1.29 is 23.5 Å². The van der Waals surface area contributed by atoms with Crippen LogP contribution in [0.4, 0.5) is 4.39 Å². The van der Waals surface area contributed by atoms with Crippen LogP contribution in [0.2, 0.25) is 0 Å². The lowest BCUT2D eigenvalue weighted by Crippen LogP contribution is -2.06. The summed E-state index contributed by atoms with van der Waals surface area (Å²) in [5.74, 6) is -1.24. The Labute approximate surface area is 105 Å². The maximum atomic E-state index is 13.5. The van der Waals surface area contributed by atoms with E-state index >= 15 is 0 Å². The topological polar surface area (TPSA) is 52.6 Å². The first-order valence-electron chi connectivity index (χ1n) is 5.60. The lowest BCUT2D eigenvalue weighted by atomic mass is 10.1. The average Bonchev–Trinajstić information content (AvgIpc) is 2.38. The molecule has 0 unspecified atom stereocenters. The van der Waals surface area contributed by atoms with Crippen molar-refractivity contribution in [3.8, 4) is 5.75 Å². The summed E-state index contributed by atoms with van der Waals surface area (Å²) in [5, 5.41) is 0. The van der Waals surface area contributed by atoms with E-state index in [0.29, 0.717) is 6.61 Å². The van der Waals surface area contributed by atoms with Crippen LogP contribution in [-0.2, 0) is 9.53 Å². The van der Waals surface area contributed by atoms with E-state index in [0.717, 1.165) is 6.07 Å². The van der Waals surface area contributed by atoms with Gasteiger partial charge in [-0.15, -0.1) is 0 Å². The van der Waals surface area contributed by atoms with Crippen molar-refractivity contribution in [1.29, 1.82) is 0 Å². The van der Waals surface area contributed by atoms with Gasteiger partial charge >= 0.3 is 5.97 Å². The van der Waals surface area contributed by atoms with Crippen LogP contribution in [0.5, 0.6) is 5.75 Å². The average molecular weight is 254 g/mol. The lowest BCUT2D eigenvalue weighted by molar-refractivity contribution is -0.140. The highest BCUT2D eigenvalue weighted by Crippen LogP contribution is 2.19. The van der Waals surface area contributed by atoms with Gasteiger partial charge in [0.1, 0.15) is 0 Å². The second-order valence-corrected chi connectivity index (χ2v) is 3.58. The molecule has 0 spiro atoms. The van der Waals surface area contributed by atoms with Crippen LogP contribution in [-0.4, -0.2) is 25.5 Å². The second-order valence-electron chi connectivity index (χ2n) is 3.58. The third-order valence-electron chi connectivity index (χ3n) is 2.34. The summed E-state index contributed by atoms with van der Waals surface area (Å²) >= 11 is 0. The Bertz CT molecular complexity index is 443. The van der Waals surface area contributed by atoms with E-state index < -0.39 is 11.8 Å². The Morgan fingerprint density at radius 1 is 1.28 bits per heavy atom. The zero-order chi connectivity index (χ0) is 13.5. The molecule has 98 valence electrons. The Morgan fingerprint density at radius 2 is 2.00 bits per heavy atom. The molecule has 0 saturated carbocycles. The van der Waals surface area contributed by atoms with Crippen LogP contribution in [0.25, 0.3) is 0 Å². The molecule has 0 aliphatic rings. The van der Waals surface area contributed by atoms with Crippen molar-refractivity contribution in [3.63, 3.8) is 0 Å². The molecular weight excluding hydrogens is 239 g/mol. The fourth-order valence-corrected chi connectivity index (χ4v) is 1.41. The summed E-state index contributed by atoms with van der Waals surface area (Å²) in [5.41, 5.74) is 0.222. The number of carbonyl (C=O) groups excluding carboxylic acids is 2. The maximum Gasteiger partial charge on any atom is 0.305 e. The summed E-state index contributed by atoms with van der Waals surface area (Å²) in [4.78, 5) is 22.6. The van der Waals surface area contributed by atoms with Gasteiger partial charge in [0, 0.05) is 12.0 Å². The summed E-state index contributed by atoms with van der Waals surface area (Å²) in [6.07, 6.45) is -0.00966. The number of ketones is 1. The number of rotatable bonds is 6. The van der Waals surface area contributed by atoms with Crippen LogP contribution < -0.4 is 4.74 Å². The largest absolute Gasteiger partial charge is 0.491 e. The fraction of sp³-hybridized carbons (Fsp3) is 0.385. The molecule has 0 saturated heterocycles. The molecule has 5 heteroatoms. The molecule has 1 aromatic rings. The van der Waals surface area contributed by atoms with Crippen LogP contribution >= 0.6 is 0 Å². The predicted octanol–water partition coefficient (Wildman–Crippen LogP) is 2.36. The van der Waals surface area contributed by atoms with Crippen LogP contribution in [0, 0.1) is 5.82 Å². The van der Waals surface area contributed by atoms with E-state index in [-0.39, 0.29) is 29.9 Å². The Morgan fingerprint density at radius 3 is 2.56 bits per heavy atom. The van der Waals surface area contributed by atoms with Gasteiger partial charge in [-0.2, -0.15) is 0 Å². The molecule has 0 amide bonds. The normalized spacial score (nSPS) is 9.94. The van der Waals surface area contributed by atoms with Crippen LogP contribution in [0.3, 0.4) is 0 Å². The van der Waals surface area contributed by atoms with Crippen molar-refractivity contribution in [2.45, 2.75) is 19.8 Å². The number of ether oxygens (including phenoxy) is 2. The van der Waals surface area contributed by atoms with Gasteiger partial charge in [0.2, 0.25) is 0 Å². The smallest absolute Gasteiger partial charge is 0.305 e. The van der Waals surface area contributed by atoms with E-state index in [1.807, 2.05) is 0 Å². The summed E-state index contributed by atoms with van der Waals surface area (Å²) in [6.45, 7) is 2.10. The highest BCUT2D eigenvalue weighted by Gasteiger charge is 2.12. The number of methoxy groups -OCH3 is 1. The standard InChI is InChI=1S/C13H15FO4/c1-3-18-12-6-4-9(8-10(12)14)11(15)5-7-13(16)17-2/h4,6,8H,3,5,7H2,1-2H3. The minimum atomic E-state index is -0.583. The highest BCUT2D eigenvalue weighted by molar-refractivity contribution is 5.97. The third-order valence-corrected chi connectivity index (χ3v) is 2.34. The summed E-state index contributed by atoms with van der Waals surface area (Å²) in [6, 6.07) is 4.00. The van der Waals surface area contributed by atoms with E-state index in [2.05, 4.69) is 4.74 Å². The van der Waals surface area contributed by atoms with Gasteiger partial charge in [0.15, 0.2) is 17.3 Å². The molecule has 0 fully saturated rings. The van der Waals surface area contributed by atoms with E-state index in [1.54, 1.807) is 6.92 Å². The molecule has 4 nitrogen and oxygen atoms in total. The number of hydrogen-bond donors (Lipinski definition) is 0. The van der Waals surface area contributed by atoms with Gasteiger partial charge in [-0.3, -0.25) is 9.59 Å². The molecule has 0 aromatic heterocycles. The van der Waals surface area contributed by atoms with Gasteiger partial charge in [0.25, 0.3) is 0 Å². The predicted molar refractivity (Wildman–Crippen MR) is 63.1 cm³/mol. The molecular formula is C13H15FO4. The van der Waals surface area contributed by atoms with Crippen molar-refractivity contribution in [3.05, 3.63) is 29.6 Å². The SMILES string of the molecule is CCOc1ccc(C(=O)CCC(=O)OC)cc1F. The number of hydrogen-bond acceptors (Lipinski definition) is 4. The summed E-state index contributed by atoms with van der Waals surface area (Å²) in [7, 11) is 1.25. The monoisotopic (exact) mass is 254 g/mol. The van der Waals surface area contributed by atoms with Crippen molar-refractivity contribution >= 4 is 11.8 Å². The highest BCUT2D eigenvalue weighted by atomic mass is 19.1. The van der Waals surface area contributed by atoms with Gasteiger partial charge in [0.05, 0.1) is 20.1 Å². The molecule has 0 aliphatic heterocycles. The molecule has 1 rings (SSSR count). The first-order valence-corrected chi connectivity index (χ1v) is 5.60. The van der Waals surface area contributed by atoms with Crippen molar-refractivity contribution in [1.82, 2.24) is 0 Å². The first-order chi connectivity index (χ1) is 8.58. The molecule has 0 aliphatic carbocycles. The second kappa shape index (κ2) is 6.74. The molecule has 0 bridgehead atoms. The van der Waals surface area contributed by atoms with E-state index in [9.17, 15) is 14.0 Å². The molecule has 0 heterocycles. The molecule has 18 heavy (non-hydrogen) atoms. The molecule has 0 N–H and O–H groups in total. The van der Waals surface area contributed by atoms with Crippen LogP contribution in [0.1, 0.15) is 30.1 Å². The zero-order valence-electron chi connectivity index (χ0n) is 10.4. The van der Waals surface area contributed by atoms with Crippen molar-refractivity contribution in [2.75, 3.05) is 13.7 Å². The summed E-state index contributed by atoms with van der Waals surface area (Å²) < 4.78 is 22.9. The number of carbonyl (C=O) groups is 2. The van der Waals surface area contributed by atoms with E-state index in [1.165, 1.54) is 19.2 Å². The third kappa shape index (κ3) is 3.84. The minimum Gasteiger partial charge on any atom is -0.491 e. The fourth-order valence-electron chi connectivity index (χ4n) is 1.41. The first kappa shape index (κ1) is 14.2. The number of benzene rings is 1. The Kier molecular flexibility index (Phi) is 5.30. The van der Waals surface area contributed by atoms with Gasteiger partial charge < -0.3 is 9.47 Å². The Balaban J connectivity index is 2.69. The van der Waals surface area contributed by atoms with Gasteiger partial charge in [-0.1, -0.05) is 0 Å². The van der Waals surface area contributed by atoms with Gasteiger partial charge in [-0.05, 0) is 25.1 Å². The van der Waals surface area contributed by atoms with Crippen molar-refractivity contribution in [2.24, 2.45) is 0 Å². The number of Topliss-reactive ketones (excluding diaryl/α,β-unsaturated/α-hetero) is 1. The van der Waals surface area contributed by atoms with Gasteiger partial charge in [-0.25, -0.2) is 4.39 Å². The molecule has 0 atom stereocenters. The minimum absolute atomic E-state index is 0.0000942. The molecule has 1 aromatic carbocycles. The quantitative estimate of drug-likeness (QED) is 0.577. The lowest BCUT2D eigenvalue weighted by Gasteiger charge is -2.06. The number of esters is 1. The maximum absolute atomic E-state index is 13.5. The number of halogens is 1. The van der Waals surface area contributed by atoms with E-state index in [4.69, 9.17) is 4.74 Å². The Hall–Kier alpha value is -1.91. The van der Waals surface area contributed by atoms with Crippen LogP contribution in [0.15, 0.2) is 18.2 Å². The zero-order valence-corrected chi connectivity index (χ0v) is 10.4. The molecule has 0 radical (unpaired) electrons.